The van der Waals surface area contributed by atoms with Crippen LogP contribution in [0.25, 0.3) is 0 Å². The zero-order valence-corrected chi connectivity index (χ0v) is 7.98. The third kappa shape index (κ3) is 5.84. The second kappa shape index (κ2) is 5.11. The molecular formula is C10H18O. The highest BCUT2D eigenvalue weighted by atomic mass is 16.1. The van der Waals surface area contributed by atoms with Crippen LogP contribution in [0, 0.1) is 5.92 Å². The van der Waals surface area contributed by atoms with E-state index in [-0.39, 0.29) is 5.78 Å². The van der Waals surface area contributed by atoms with Crippen molar-refractivity contribution < 1.29 is 4.79 Å². The zero-order chi connectivity index (χ0) is 8.85. The Bertz CT molecular complexity index is 156. The van der Waals surface area contributed by atoms with Crippen LogP contribution in [-0.4, -0.2) is 5.78 Å². The van der Waals surface area contributed by atoms with Crippen LogP contribution >= 0.6 is 0 Å². The topological polar surface area (TPSA) is 17.1 Å². The number of hydrogen-bond donors (Lipinski definition) is 0. The van der Waals surface area contributed by atoms with E-state index < -0.39 is 0 Å². The van der Waals surface area contributed by atoms with Crippen molar-refractivity contribution in [2.24, 2.45) is 5.92 Å². The molecule has 0 saturated carbocycles. The number of ketones is 1. The average molecular weight is 154 g/mol. The summed E-state index contributed by atoms with van der Waals surface area (Å²) in [6, 6.07) is 0. The zero-order valence-electron chi connectivity index (χ0n) is 7.98. The molecule has 0 spiro atoms. The number of allylic oxidation sites excluding steroid dienone is 2. The van der Waals surface area contributed by atoms with Gasteiger partial charge in [0.25, 0.3) is 0 Å². The molecule has 0 aliphatic rings. The molecule has 0 aliphatic heterocycles. The Morgan fingerprint density at radius 3 is 2.36 bits per heavy atom. The van der Waals surface area contributed by atoms with Crippen molar-refractivity contribution in [1.82, 2.24) is 0 Å². The lowest BCUT2D eigenvalue weighted by Gasteiger charge is -2.07. The highest BCUT2D eigenvalue weighted by molar-refractivity contribution is 5.87. The van der Waals surface area contributed by atoms with Gasteiger partial charge in [0.1, 0.15) is 0 Å². The quantitative estimate of drug-likeness (QED) is 0.569. The first-order chi connectivity index (χ1) is 5.06. The standard InChI is InChI=1S/C10H18O/c1-5-8(2)6-9(3)7-10(4)11/h7-8H,5-6H2,1-4H3/b9-7+. The van der Waals surface area contributed by atoms with Crippen LogP contribution in [0.1, 0.15) is 40.5 Å². The molecule has 11 heavy (non-hydrogen) atoms. The Hall–Kier alpha value is -0.590. The van der Waals surface area contributed by atoms with Gasteiger partial charge in [0.05, 0.1) is 0 Å². The number of carbonyl (C=O) groups is 1. The number of carbonyl (C=O) groups excluding carboxylic acids is 1. The van der Waals surface area contributed by atoms with E-state index in [1.54, 1.807) is 13.0 Å². The summed E-state index contributed by atoms with van der Waals surface area (Å²) in [5.74, 6) is 0.858. The van der Waals surface area contributed by atoms with Crippen LogP contribution in [0.2, 0.25) is 0 Å². The van der Waals surface area contributed by atoms with Gasteiger partial charge in [-0.05, 0) is 32.3 Å². The first-order valence-corrected chi connectivity index (χ1v) is 4.24. The molecule has 0 aromatic heterocycles. The molecule has 1 atom stereocenters. The third-order valence-electron chi connectivity index (χ3n) is 1.82. The van der Waals surface area contributed by atoms with Crippen LogP contribution in [0.15, 0.2) is 11.6 Å². The van der Waals surface area contributed by atoms with Crippen molar-refractivity contribution in [2.75, 3.05) is 0 Å². The molecule has 0 aromatic carbocycles. The molecular weight excluding hydrogens is 136 g/mol. The Kier molecular flexibility index (Phi) is 4.84. The van der Waals surface area contributed by atoms with Gasteiger partial charge in [-0.1, -0.05) is 25.8 Å². The maximum atomic E-state index is 10.6. The molecule has 1 unspecified atom stereocenters. The molecule has 0 rings (SSSR count). The molecule has 0 aromatic rings. The molecule has 0 radical (unpaired) electrons. The van der Waals surface area contributed by atoms with E-state index in [1.807, 2.05) is 6.92 Å². The van der Waals surface area contributed by atoms with Gasteiger partial charge in [-0.25, -0.2) is 0 Å². The Morgan fingerprint density at radius 2 is 2.00 bits per heavy atom. The minimum Gasteiger partial charge on any atom is -0.295 e. The summed E-state index contributed by atoms with van der Waals surface area (Å²) in [4.78, 5) is 10.6. The molecule has 1 nitrogen and oxygen atoms in total. The molecule has 0 fully saturated rings. The molecule has 0 amide bonds. The van der Waals surface area contributed by atoms with Gasteiger partial charge in [0, 0.05) is 0 Å². The molecule has 64 valence electrons. The van der Waals surface area contributed by atoms with E-state index in [4.69, 9.17) is 0 Å². The summed E-state index contributed by atoms with van der Waals surface area (Å²) in [5, 5.41) is 0. The monoisotopic (exact) mass is 154 g/mol. The average Bonchev–Trinajstić information content (AvgIpc) is 1.85. The second-order valence-corrected chi connectivity index (χ2v) is 3.32. The predicted octanol–water partition coefficient (Wildman–Crippen LogP) is 2.96. The molecule has 0 aliphatic carbocycles. The van der Waals surface area contributed by atoms with E-state index in [0.29, 0.717) is 5.92 Å². The highest BCUT2D eigenvalue weighted by Gasteiger charge is 1.99. The van der Waals surface area contributed by atoms with E-state index in [0.717, 1.165) is 6.42 Å². The summed E-state index contributed by atoms with van der Waals surface area (Å²) in [6.07, 6.45) is 3.96. The first kappa shape index (κ1) is 10.4. The van der Waals surface area contributed by atoms with Gasteiger partial charge in [-0.2, -0.15) is 0 Å². The fourth-order valence-corrected chi connectivity index (χ4v) is 1.10. The summed E-state index contributed by atoms with van der Waals surface area (Å²) < 4.78 is 0. The lowest BCUT2D eigenvalue weighted by Crippen LogP contribution is -1.94. The van der Waals surface area contributed by atoms with E-state index in [1.165, 1.54) is 12.0 Å². The molecule has 0 saturated heterocycles. The van der Waals surface area contributed by atoms with Gasteiger partial charge in [-0.15, -0.1) is 0 Å². The maximum absolute atomic E-state index is 10.6. The van der Waals surface area contributed by atoms with Crippen molar-refractivity contribution in [3.05, 3.63) is 11.6 Å². The van der Waals surface area contributed by atoms with Crippen LogP contribution in [0.4, 0.5) is 0 Å². The molecule has 1 heteroatoms. The third-order valence-corrected chi connectivity index (χ3v) is 1.82. The van der Waals surface area contributed by atoms with Gasteiger partial charge in [0.2, 0.25) is 0 Å². The number of hydrogen-bond acceptors (Lipinski definition) is 1. The lowest BCUT2D eigenvalue weighted by molar-refractivity contribution is -0.112. The molecule has 0 N–H and O–H groups in total. The predicted molar refractivity (Wildman–Crippen MR) is 48.5 cm³/mol. The first-order valence-electron chi connectivity index (χ1n) is 4.24. The normalized spacial score (nSPS) is 14.7. The Labute approximate surface area is 69.5 Å². The summed E-state index contributed by atoms with van der Waals surface area (Å²) >= 11 is 0. The smallest absolute Gasteiger partial charge is 0.152 e. The number of rotatable bonds is 4. The van der Waals surface area contributed by atoms with Gasteiger partial charge >= 0.3 is 0 Å². The lowest BCUT2D eigenvalue weighted by atomic mass is 9.99. The van der Waals surface area contributed by atoms with Gasteiger partial charge < -0.3 is 0 Å². The summed E-state index contributed by atoms with van der Waals surface area (Å²) in [7, 11) is 0. The largest absolute Gasteiger partial charge is 0.295 e. The van der Waals surface area contributed by atoms with Crippen molar-refractivity contribution in [2.45, 2.75) is 40.5 Å². The molecule has 0 bridgehead atoms. The summed E-state index contributed by atoms with van der Waals surface area (Å²) in [5.41, 5.74) is 1.20. The van der Waals surface area contributed by atoms with Gasteiger partial charge in [-0.3, -0.25) is 4.79 Å². The van der Waals surface area contributed by atoms with Crippen LogP contribution in [0.5, 0.6) is 0 Å². The van der Waals surface area contributed by atoms with E-state index >= 15 is 0 Å². The Balaban J connectivity index is 3.85. The van der Waals surface area contributed by atoms with Crippen LogP contribution in [0.3, 0.4) is 0 Å². The fourth-order valence-electron chi connectivity index (χ4n) is 1.10. The van der Waals surface area contributed by atoms with Crippen molar-refractivity contribution in [3.63, 3.8) is 0 Å². The summed E-state index contributed by atoms with van der Waals surface area (Å²) in [6.45, 7) is 8.00. The SMILES string of the molecule is CCC(C)C/C(C)=C/C(C)=O. The van der Waals surface area contributed by atoms with Crippen LogP contribution in [-0.2, 0) is 4.79 Å². The highest BCUT2D eigenvalue weighted by Crippen LogP contribution is 2.13. The van der Waals surface area contributed by atoms with Crippen molar-refractivity contribution >= 4 is 5.78 Å². The van der Waals surface area contributed by atoms with Crippen molar-refractivity contribution in [1.29, 1.82) is 0 Å². The molecule has 0 heterocycles. The van der Waals surface area contributed by atoms with Gasteiger partial charge in [0.15, 0.2) is 5.78 Å². The minimum atomic E-state index is 0.158. The minimum absolute atomic E-state index is 0.158. The fraction of sp³-hybridized carbons (Fsp3) is 0.700. The van der Waals surface area contributed by atoms with E-state index in [9.17, 15) is 4.79 Å². The van der Waals surface area contributed by atoms with Crippen LogP contribution < -0.4 is 0 Å². The van der Waals surface area contributed by atoms with E-state index in [2.05, 4.69) is 13.8 Å². The van der Waals surface area contributed by atoms with Crippen molar-refractivity contribution in [3.8, 4) is 0 Å². The Morgan fingerprint density at radius 1 is 1.45 bits per heavy atom. The maximum Gasteiger partial charge on any atom is 0.152 e. The second-order valence-electron chi connectivity index (χ2n) is 3.32.